The van der Waals surface area contributed by atoms with Gasteiger partial charge in [-0.3, -0.25) is 39.1 Å². The Labute approximate surface area is 211 Å². The van der Waals surface area contributed by atoms with Crippen LogP contribution in [0.4, 0.5) is 5.69 Å². The summed E-state index contributed by atoms with van der Waals surface area (Å²) in [6, 6.07) is 11.6. The van der Waals surface area contributed by atoms with Gasteiger partial charge in [-0.1, -0.05) is 24.3 Å². The monoisotopic (exact) mass is 511 g/mol. The van der Waals surface area contributed by atoms with Crippen molar-refractivity contribution in [3.05, 3.63) is 59.7 Å². The highest BCUT2D eigenvalue weighted by Crippen LogP contribution is 2.34. The summed E-state index contributed by atoms with van der Waals surface area (Å²) in [5, 5.41) is 12.4. The van der Waals surface area contributed by atoms with E-state index in [1.54, 1.807) is 55.5 Å². The Morgan fingerprint density at radius 2 is 1.69 bits per heavy atom. The minimum absolute atomic E-state index is 0.0185. The van der Waals surface area contributed by atoms with Gasteiger partial charge in [0, 0.05) is 17.2 Å². The third-order valence-electron chi connectivity index (χ3n) is 5.91. The first-order valence-electron chi connectivity index (χ1n) is 11.4. The van der Waals surface area contributed by atoms with Crippen LogP contribution in [0, 0.1) is 0 Å². The summed E-state index contributed by atoms with van der Waals surface area (Å²) in [5.41, 5.74) is 1.10. The molecule has 10 nitrogen and oxygen atoms in total. The van der Waals surface area contributed by atoms with Crippen LogP contribution >= 0.6 is 11.8 Å². The topological polar surface area (TPSA) is 133 Å². The van der Waals surface area contributed by atoms with Crippen molar-refractivity contribution in [1.82, 2.24) is 10.2 Å². The van der Waals surface area contributed by atoms with Gasteiger partial charge in [-0.05, 0) is 37.6 Å². The van der Waals surface area contributed by atoms with E-state index in [4.69, 9.17) is 4.74 Å². The maximum atomic E-state index is 13.4. The van der Waals surface area contributed by atoms with Gasteiger partial charge in [0.25, 0.3) is 11.8 Å². The number of carbonyl (C=O) groups excluding carboxylic acids is 4. The molecule has 3 amide bonds. The van der Waals surface area contributed by atoms with Crippen molar-refractivity contribution >= 4 is 47.1 Å². The first-order valence-corrected chi connectivity index (χ1v) is 12.4. The number of benzene rings is 2. The molecular formula is C25H25N3O7S. The highest BCUT2D eigenvalue weighted by Gasteiger charge is 2.38. The number of hydrogen-bond acceptors (Lipinski definition) is 8. The molecule has 1 unspecified atom stereocenters. The summed E-state index contributed by atoms with van der Waals surface area (Å²) in [6.07, 6.45) is 0.0185. The lowest BCUT2D eigenvalue weighted by atomic mass is 10.1. The van der Waals surface area contributed by atoms with Gasteiger partial charge in [0.1, 0.15) is 12.6 Å². The van der Waals surface area contributed by atoms with E-state index in [1.165, 1.54) is 16.7 Å². The summed E-state index contributed by atoms with van der Waals surface area (Å²) in [5.74, 6) is -2.93. The molecule has 188 valence electrons. The van der Waals surface area contributed by atoms with Crippen LogP contribution in [0.1, 0.15) is 34.1 Å². The predicted octanol–water partition coefficient (Wildman–Crippen LogP) is 1.79. The Kier molecular flexibility index (Phi) is 7.70. The number of thioether (sulfide) groups is 1. The van der Waals surface area contributed by atoms with Crippen molar-refractivity contribution in [3.63, 3.8) is 0 Å². The van der Waals surface area contributed by atoms with E-state index in [2.05, 4.69) is 5.32 Å². The van der Waals surface area contributed by atoms with E-state index in [-0.39, 0.29) is 25.3 Å². The van der Waals surface area contributed by atoms with Gasteiger partial charge in [-0.25, -0.2) is 0 Å². The van der Waals surface area contributed by atoms with Crippen LogP contribution in [0.5, 0.6) is 0 Å². The van der Waals surface area contributed by atoms with Gasteiger partial charge in [0.05, 0.1) is 29.5 Å². The number of hydrogen-bond donors (Lipinski definition) is 2. The number of para-hydroxylation sites is 1. The van der Waals surface area contributed by atoms with Crippen LogP contribution in [0.3, 0.4) is 0 Å². The highest BCUT2D eigenvalue weighted by atomic mass is 32.2. The fourth-order valence-corrected chi connectivity index (χ4v) is 5.31. The molecule has 2 aromatic carbocycles. The quantitative estimate of drug-likeness (QED) is 0.382. The lowest BCUT2D eigenvalue weighted by Crippen LogP contribution is -2.54. The van der Waals surface area contributed by atoms with Gasteiger partial charge >= 0.3 is 11.9 Å². The zero-order chi connectivity index (χ0) is 25.8. The number of anilines is 1. The van der Waals surface area contributed by atoms with Gasteiger partial charge in [-0.15, -0.1) is 11.8 Å². The second-order valence-electron chi connectivity index (χ2n) is 8.22. The summed E-state index contributed by atoms with van der Waals surface area (Å²) in [4.78, 5) is 66.1. The van der Waals surface area contributed by atoms with E-state index in [0.717, 1.165) is 9.80 Å². The minimum atomic E-state index is -1.17. The van der Waals surface area contributed by atoms with Crippen LogP contribution in [-0.2, 0) is 19.1 Å². The molecule has 2 heterocycles. The zero-order valence-electron chi connectivity index (χ0n) is 19.5. The molecule has 0 radical (unpaired) electrons. The number of carbonyl (C=O) groups is 5. The molecule has 11 heteroatoms. The molecule has 4 rings (SSSR count). The molecule has 36 heavy (non-hydrogen) atoms. The average molecular weight is 512 g/mol. The summed E-state index contributed by atoms with van der Waals surface area (Å²) in [6.45, 7) is 1.16. The third kappa shape index (κ3) is 5.12. The third-order valence-corrected chi connectivity index (χ3v) is 7.07. The molecule has 0 saturated heterocycles. The lowest BCUT2D eigenvalue weighted by Gasteiger charge is -2.27. The number of carboxylic acid groups (broad SMARTS) is 1. The number of fused-ring (bicyclic) bond motifs is 2. The van der Waals surface area contributed by atoms with Gasteiger partial charge < -0.3 is 9.84 Å². The standard InChI is InChI=1S/C25H25N3O7S/c1-2-35-25(34)17(11-12-27-22(31)15-7-3-4-8-16(15)23(27)32)26-18-14-36-20-10-6-5-9-19(20)28(24(18)33)13-21(29)30/h3-10,17-18,26H,2,11-14H2,1H3,(H,29,30)/t17-,18?/m1/s1. The fourth-order valence-electron chi connectivity index (χ4n) is 4.23. The fraction of sp³-hybridized carbons (Fsp3) is 0.320. The van der Waals surface area contributed by atoms with E-state index in [9.17, 15) is 29.1 Å². The van der Waals surface area contributed by atoms with Crippen molar-refractivity contribution < 1.29 is 33.8 Å². The molecule has 0 bridgehead atoms. The second-order valence-corrected chi connectivity index (χ2v) is 9.28. The molecule has 0 aliphatic carbocycles. The Morgan fingerprint density at radius 3 is 2.33 bits per heavy atom. The number of amides is 3. The predicted molar refractivity (Wildman–Crippen MR) is 131 cm³/mol. The number of carboxylic acids is 1. The van der Waals surface area contributed by atoms with Crippen LogP contribution in [0.2, 0.25) is 0 Å². The molecule has 0 fully saturated rings. The maximum absolute atomic E-state index is 13.4. The SMILES string of the molecule is CCOC(=O)[C@@H](CCN1C(=O)c2ccccc2C1=O)NC1CSc2ccccc2N(CC(=O)O)C1=O. The van der Waals surface area contributed by atoms with Crippen molar-refractivity contribution in [1.29, 1.82) is 0 Å². The van der Waals surface area contributed by atoms with E-state index >= 15 is 0 Å². The second kappa shape index (κ2) is 10.9. The van der Waals surface area contributed by atoms with E-state index < -0.39 is 48.3 Å². The molecule has 2 aliphatic heterocycles. The normalized spacial score (nSPS) is 17.9. The molecule has 2 aromatic rings. The maximum Gasteiger partial charge on any atom is 0.323 e. The Hall–Kier alpha value is -3.70. The van der Waals surface area contributed by atoms with Crippen molar-refractivity contribution in [2.24, 2.45) is 0 Å². The Bertz CT molecular complexity index is 1180. The average Bonchev–Trinajstić information content (AvgIpc) is 3.03. The Balaban J connectivity index is 1.53. The number of esters is 1. The lowest BCUT2D eigenvalue weighted by molar-refractivity contribution is -0.146. The molecule has 2 atom stereocenters. The van der Waals surface area contributed by atoms with Crippen molar-refractivity contribution in [2.45, 2.75) is 30.3 Å². The smallest absolute Gasteiger partial charge is 0.323 e. The zero-order valence-corrected chi connectivity index (χ0v) is 20.3. The highest BCUT2D eigenvalue weighted by molar-refractivity contribution is 7.99. The van der Waals surface area contributed by atoms with Crippen LogP contribution in [-0.4, -0.2) is 77.2 Å². The number of imide groups is 1. The Morgan fingerprint density at radius 1 is 1.06 bits per heavy atom. The molecule has 2 aliphatic rings. The van der Waals surface area contributed by atoms with Crippen LogP contribution < -0.4 is 10.2 Å². The van der Waals surface area contributed by atoms with Crippen LogP contribution in [0.15, 0.2) is 53.4 Å². The summed E-state index contributed by atoms with van der Waals surface area (Å²) in [7, 11) is 0. The first-order chi connectivity index (χ1) is 17.3. The van der Waals surface area contributed by atoms with E-state index in [1.807, 2.05) is 0 Å². The number of nitrogens with zero attached hydrogens (tertiary/aromatic N) is 2. The van der Waals surface area contributed by atoms with Gasteiger partial charge in [0.15, 0.2) is 0 Å². The van der Waals surface area contributed by atoms with Crippen molar-refractivity contribution in [2.75, 3.05) is 30.3 Å². The number of nitrogens with one attached hydrogen (secondary N) is 1. The molecule has 0 spiro atoms. The number of ether oxygens (including phenoxy) is 1. The summed E-state index contributed by atoms with van der Waals surface area (Å²) < 4.78 is 5.18. The number of rotatable bonds is 9. The summed E-state index contributed by atoms with van der Waals surface area (Å²) >= 11 is 1.37. The van der Waals surface area contributed by atoms with E-state index in [0.29, 0.717) is 16.8 Å². The largest absolute Gasteiger partial charge is 0.480 e. The van der Waals surface area contributed by atoms with Gasteiger partial charge in [0.2, 0.25) is 5.91 Å². The molecule has 2 N–H and O–H groups in total. The van der Waals surface area contributed by atoms with Gasteiger partial charge in [-0.2, -0.15) is 0 Å². The number of aliphatic carboxylic acids is 1. The molecule has 0 saturated carbocycles. The van der Waals surface area contributed by atoms with Crippen LogP contribution in [0.25, 0.3) is 0 Å². The minimum Gasteiger partial charge on any atom is -0.480 e. The molecular weight excluding hydrogens is 486 g/mol. The first kappa shape index (κ1) is 25.4. The van der Waals surface area contributed by atoms with Crippen molar-refractivity contribution in [3.8, 4) is 0 Å². The molecule has 0 aromatic heterocycles.